The fourth-order valence-corrected chi connectivity index (χ4v) is 4.04. The summed E-state index contributed by atoms with van der Waals surface area (Å²) in [6.45, 7) is 7.26. The monoisotopic (exact) mass is 295 g/mol. The second-order valence-electron chi connectivity index (χ2n) is 6.88. The van der Waals surface area contributed by atoms with Crippen LogP contribution in [0.2, 0.25) is 0 Å². The van der Waals surface area contributed by atoms with E-state index in [0.717, 1.165) is 24.8 Å². The maximum absolute atomic E-state index is 11.8. The van der Waals surface area contributed by atoms with Crippen molar-refractivity contribution in [2.45, 2.75) is 77.7 Å². The quantitative estimate of drug-likeness (QED) is 0.693. The minimum absolute atomic E-state index is 0.0363. The first-order chi connectivity index (χ1) is 10.2. The Bertz CT molecular complexity index is 302. The number of hydrogen-bond acceptors (Lipinski definition) is 3. The maximum atomic E-state index is 11.8. The molecule has 0 radical (unpaired) electrons. The number of hydrogen-bond donors (Lipinski definition) is 0. The minimum Gasteiger partial charge on any atom is -0.466 e. The molecule has 3 nitrogen and oxygen atoms in total. The van der Waals surface area contributed by atoms with Crippen LogP contribution in [0, 0.1) is 11.8 Å². The third-order valence-electron chi connectivity index (χ3n) is 5.45. The number of carbonyl (C=O) groups excluding carboxylic acids is 1. The number of piperidine rings is 1. The van der Waals surface area contributed by atoms with Crippen molar-refractivity contribution in [3.63, 3.8) is 0 Å². The van der Waals surface area contributed by atoms with E-state index < -0.39 is 0 Å². The van der Waals surface area contributed by atoms with Gasteiger partial charge in [0.05, 0.1) is 12.5 Å². The van der Waals surface area contributed by atoms with Crippen LogP contribution < -0.4 is 0 Å². The van der Waals surface area contributed by atoms with Crippen LogP contribution in [0.5, 0.6) is 0 Å². The summed E-state index contributed by atoms with van der Waals surface area (Å²) in [5.74, 6) is 1.18. The summed E-state index contributed by atoms with van der Waals surface area (Å²) in [7, 11) is 0. The second kappa shape index (κ2) is 8.77. The molecule has 0 atom stereocenters. The van der Waals surface area contributed by atoms with Gasteiger partial charge in [-0.2, -0.15) is 0 Å². The summed E-state index contributed by atoms with van der Waals surface area (Å²) in [6, 6.07) is 0.725. The van der Waals surface area contributed by atoms with E-state index in [1.54, 1.807) is 0 Å². The Labute approximate surface area is 130 Å². The van der Waals surface area contributed by atoms with Crippen LogP contribution in [0.25, 0.3) is 0 Å². The standard InChI is InChI=1S/C18H33NO2/c1-3-5-6-15-11-13-19(14-12-15)17-9-7-16(8-10-17)18(20)21-4-2/h15-17H,3-14H2,1-2H3. The molecule has 1 saturated heterocycles. The zero-order valence-electron chi connectivity index (χ0n) is 14.0. The number of nitrogens with zero attached hydrogens (tertiary/aromatic N) is 1. The molecule has 122 valence electrons. The first-order valence-corrected chi connectivity index (χ1v) is 9.15. The van der Waals surface area contributed by atoms with Crippen LogP contribution in [-0.2, 0) is 9.53 Å². The van der Waals surface area contributed by atoms with E-state index in [-0.39, 0.29) is 11.9 Å². The van der Waals surface area contributed by atoms with E-state index in [9.17, 15) is 4.79 Å². The third-order valence-corrected chi connectivity index (χ3v) is 5.45. The Kier molecular flexibility index (Phi) is 7.01. The smallest absolute Gasteiger partial charge is 0.308 e. The van der Waals surface area contributed by atoms with Crippen molar-refractivity contribution in [3.8, 4) is 0 Å². The molecule has 0 bridgehead atoms. The SMILES string of the molecule is CCCCC1CCN(C2CCC(C(=O)OCC)CC2)CC1. The third kappa shape index (κ3) is 4.98. The molecule has 0 N–H and O–H groups in total. The van der Waals surface area contributed by atoms with Crippen molar-refractivity contribution in [1.82, 2.24) is 4.90 Å². The number of unbranched alkanes of at least 4 members (excludes halogenated alkanes) is 1. The summed E-state index contributed by atoms with van der Waals surface area (Å²) in [6.07, 6.45) is 11.4. The maximum Gasteiger partial charge on any atom is 0.308 e. The first-order valence-electron chi connectivity index (χ1n) is 9.15. The van der Waals surface area contributed by atoms with Gasteiger partial charge in [-0.1, -0.05) is 26.2 Å². The van der Waals surface area contributed by atoms with Gasteiger partial charge in [-0.15, -0.1) is 0 Å². The van der Waals surface area contributed by atoms with Crippen molar-refractivity contribution < 1.29 is 9.53 Å². The molecule has 0 amide bonds. The number of ether oxygens (including phenoxy) is 1. The van der Waals surface area contributed by atoms with Gasteiger partial charge in [0.1, 0.15) is 0 Å². The van der Waals surface area contributed by atoms with Gasteiger partial charge >= 0.3 is 5.97 Å². The van der Waals surface area contributed by atoms with Crippen LogP contribution in [0.3, 0.4) is 0 Å². The number of likely N-dealkylation sites (tertiary alicyclic amines) is 1. The van der Waals surface area contributed by atoms with Gasteiger partial charge in [-0.25, -0.2) is 0 Å². The Hall–Kier alpha value is -0.570. The molecule has 1 heterocycles. The van der Waals surface area contributed by atoms with Crippen molar-refractivity contribution in [3.05, 3.63) is 0 Å². The fraction of sp³-hybridized carbons (Fsp3) is 0.944. The molecule has 0 aromatic carbocycles. The highest BCUT2D eigenvalue weighted by Gasteiger charge is 2.31. The van der Waals surface area contributed by atoms with Crippen LogP contribution in [0.15, 0.2) is 0 Å². The van der Waals surface area contributed by atoms with E-state index in [1.807, 2.05) is 6.92 Å². The largest absolute Gasteiger partial charge is 0.466 e. The van der Waals surface area contributed by atoms with Crippen molar-refractivity contribution in [2.24, 2.45) is 11.8 Å². The summed E-state index contributed by atoms with van der Waals surface area (Å²) in [4.78, 5) is 14.5. The van der Waals surface area contributed by atoms with Crippen molar-refractivity contribution >= 4 is 5.97 Å². The van der Waals surface area contributed by atoms with E-state index >= 15 is 0 Å². The molecule has 3 heteroatoms. The molecule has 0 unspecified atom stereocenters. The molecule has 1 aliphatic heterocycles. The highest BCUT2D eigenvalue weighted by molar-refractivity contribution is 5.72. The van der Waals surface area contributed by atoms with Gasteiger partial charge in [0.15, 0.2) is 0 Å². The zero-order valence-corrected chi connectivity index (χ0v) is 14.0. The van der Waals surface area contributed by atoms with Gasteiger partial charge in [0, 0.05) is 6.04 Å². The molecule has 1 aliphatic carbocycles. The van der Waals surface area contributed by atoms with Crippen LogP contribution in [-0.4, -0.2) is 36.6 Å². The van der Waals surface area contributed by atoms with Crippen molar-refractivity contribution in [1.29, 1.82) is 0 Å². The highest BCUT2D eigenvalue weighted by atomic mass is 16.5. The van der Waals surface area contributed by atoms with Gasteiger partial charge in [-0.3, -0.25) is 4.79 Å². The van der Waals surface area contributed by atoms with E-state index in [4.69, 9.17) is 4.74 Å². The van der Waals surface area contributed by atoms with Crippen LogP contribution >= 0.6 is 0 Å². The number of esters is 1. The topological polar surface area (TPSA) is 29.5 Å². The van der Waals surface area contributed by atoms with E-state index in [0.29, 0.717) is 6.61 Å². The van der Waals surface area contributed by atoms with Crippen molar-refractivity contribution in [2.75, 3.05) is 19.7 Å². The summed E-state index contributed by atoms with van der Waals surface area (Å²) >= 11 is 0. The Morgan fingerprint density at radius 2 is 1.71 bits per heavy atom. The lowest BCUT2D eigenvalue weighted by Gasteiger charge is -2.40. The molecule has 0 aromatic rings. The number of rotatable bonds is 6. The molecule has 2 fully saturated rings. The van der Waals surface area contributed by atoms with E-state index in [2.05, 4.69) is 11.8 Å². The molecule has 2 aliphatic rings. The highest BCUT2D eigenvalue weighted by Crippen LogP contribution is 2.31. The van der Waals surface area contributed by atoms with E-state index in [1.165, 1.54) is 58.0 Å². The van der Waals surface area contributed by atoms with Crippen LogP contribution in [0.4, 0.5) is 0 Å². The minimum atomic E-state index is 0.0363. The van der Waals surface area contributed by atoms with Crippen LogP contribution in [0.1, 0.15) is 71.6 Å². The second-order valence-corrected chi connectivity index (χ2v) is 6.88. The molecular formula is C18H33NO2. The summed E-state index contributed by atoms with van der Waals surface area (Å²) < 4.78 is 5.16. The predicted octanol–water partition coefficient (Wildman–Crippen LogP) is 4.01. The molecular weight excluding hydrogens is 262 g/mol. The fourth-order valence-electron chi connectivity index (χ4n) is 4.04. The average Bonchev–Trinajstić information content (AvgIpc) is 2.54. The Balaban J connectivity index is 1.68. The number of carbonyl (C=O) groups is 1. The molecule has 21 heavy (non-hydrogen) atoms. The lowest BCUT2D eigenvalue weighted by molar-refractivity contribution is -0.149. The molecule has 0 aromatic heterocycles. The summed E-state index contributed by atoms with van der Waals surface area (Å²) in [5.41, 5.74) is 0. The predicted molar refractivity (Wildman–Crippen MR) is 86.2 cm³/mol. The first kappa shape index (κ1) is 16.8. The van der Waals surface area contributed by atoms with Gasteiger partial charge in [0.2, 0.25) is 0 Å². The molecule has 2 rings (SSSR count). The summed E-state index contributed by atoms with van der Waals surface area (Å²) in [5, 5.41) is 0. The normalized spacial score (nSPS) is 28.5. The average molecular weight is 295 g/mol. The van der Waals surface area contributed by atoms with Gasteiger partial charge in [0.25, 0.3) is 0 Å². The Morgan fingerprint density at radius 1 is 1.05 bits per heavy atom. The molecule has 1 saturated carbocycles. The lowest BCUT2D eigenvalue weighted by atomic mass is 9.83. The van der Waals surface area contributed by atoms with Gasteiger partial charge in [-0.05, 0) is 64.5 Å². The zero-order chi connectivity index (χ0) is 15.1. The molecule has 0 spiro atoms. The Morgan fingerprint density at radius 3 is 2.29 bits per heavy atom. The lowest BCUT2D eigenvalue weighted by Crippen LogP contribution is -2.43. The van der Waals surface area contributed by atoms with Gasteiger partial charge < -0.3 is 9.64 Å².